The lowest BCUT2D eigenvalue weighted by atomic mass is 10.1. The average Bonchev–Trinajstić information content (AvgIpc) is 3.40. The van der Waals surface area contributed by atoms with E-state index in [1.165, 1.54) is 6.08 Å². The van der Waals surface area contributed by atoms with E-state index in [1.54, 1.807) is 12.1 Å². The highest BCUT2D eigenvalue weighted by Gasteiger charge is 2.23. The molecule has 1 aromatic heterocycles. The number of carbonyl (C=O) groups excluding carboxylic acids is 1. The fourth-order valence-corrected chi connectivity index (χ4v) is 5.04. The maximum atomic E-state index is 12.4. The Balaban J connectivity index is 1.42. The van der Waals surface area contributed by atoms with Crippen LogP contribution in [0.5, 0.6) is 0 Å². The van der Waals surface area contributed by atoms with E-state index in [0.29, 0.717) is 51.8 Å². The van der Waals surface area contributed by atoms with E-state index in [4.69, 9.17) is 28.2 Å². The van der Waals surface area contributed by atoms with Gasteiger partial charge in [-0.25, -0.2) is 10.4 Å². The molecule has 0 unspecified atom stereocenters. The molecule has 40 heavy (non-hydrogen) atoms. The summed E-state index contributed by atoms with van der Waals surface area (Å²) in [5.41, 5.74) is 10.9. The van der Waals surface area contributed by atoms with E-state index in [9.17, 15) is 4.79 Å². The number of likely N-dealkylation sites (N-methyl/N-ethyl adjacent to an activating group) is 2. The molecule has 1 fully saturated rings. The molecule has 0 radical (unpaired) electrons. The molecule has 10 nitrogen and oxygen atoms in total. The van der Waals surface area contributed by atoms with Crippen LogP contribution in [0.3, 0.4) is 0 Å². The van der Waals surface area contributed by atoms with E-state index in [2.05, 4.69) is 43.3 Å². The van der Waals surface area contributed by atoms with Crippen molar-refractivity contribution < 1.29 is 4.79 Å². The van der Waals surface area contributed by atoms with Crippen molar-refractivity contribution in [3.05, 3.63) is 64.2 Å². The van der Waals surface area contributed by atoms with E-state index < -0.39 is 0 Å². The van der Waals surface area contributed by atoms with E-state index >= 15 is 0 Å². The Bertz CT molecular complexity index is 1420. The number of nitrogens with one attached hydrogen (secondary N) is 4. The number of hydrogen-bond donors (Lipinski definition) is 4. The molecule has 4 N–H and O–H groups in total. The highest BCUT2D eigenvalue weighted by Crippen LogP contribution is 2.37. The summed E-state index contributed by atoms with van der Waals surface area (Å²) < 4.78 is 0. The summed E-state index contributed by atoms with van der Waals surface area (Å²) in [5.74, 6) is 0.860. The second-order valence-electron chi connectivity index (χ2n) is 10.1. The molecule has 210 valence electrons. The lowest BCUT2D eigenvalue weighted by Crippen LogP contribution is -2.44. The second-order valence-corrected chi connectivity index (χ2v) is 10.9. The Morgan fingerprint density at radius 1 is 1.05 bits per heavy atom. The molecule has 5 rings (SSSR count). The van der Waals surface area contributed by atoms with Gasteiger partial charge >= 0.3 is 0 Å². The third-order valence-corrected chi connectivity index (χ3v) is 7.40. The second kappa shape index (κ2) is 12.4. The summed E-state index contributed by atoms with van der Waals surface area (Å²) in [6.45, 7) is 4.98. The van der Waals surface area contributed by atoms with Gasteiger partial charge in [0.05, 0.1) is 21.4 Å². The molecule has 0 bridgehead atoms. The number of piperazine rings is 1. The quantitative estimate of drug-likeness (QED) is 0.288. The normalized spacial score (nSPS) is 15.4. The van der Waals surface area contributed by atoms with Gasteiger partial charge in [-0.15, -0.1) is 0 Å². The largest absolute Gasteiger partial charge is 0.368 e. The van der Waals surface area contributed by atoms with Crippen molar-refractivity contribution in [3.63, 3.8) is 0 Å². The van der Waals surface area contributed by atoms with E-state index in [0.717, 1.165) is 43.1 Å². The van der Waals surface area contributed by atoms with E-state index in [1.807, 2.05) is 49.3 Å². The third-order valence-electron chi connectivity index (χ3n) is 6.75. The van der Waals surface area contributed by atoms with Crippen molar-refractivity contribution in [1.82, 2.24) is 25.2 Å². The average molecular weight is 583 g/mol. The van der Waals surface area contributed by atoms with Crippen LogP contribution in [0.4, 0.5) is 28.8 Å². The van der Waals surface area contributed by atoms with Crippen LogP contribution >= 0.6 is 23.2 Å². The van der Waals surface area contributed by atoms with Crippen LogP contribution in [0.15, 0.2) is 48.6 Å². The Labute approximate surface area is 244 Å². The first-order valence-corrected chi connectivity index (χ1v) is 13.8. The number of anilines is 5. The molecule has 0 aliphatic carbocycles. The van der Waals surface area contributed by atoms with Crippen LogP contribution in [-0.4, -0.2) is 79.5 Å². The number of hydrogen-bond acceptors (Lipinski definition) is 9. The zero-order valence-electron chi connectivity index (χ0n) is 22.8. The van der Waals surface area contributed by atoms with Crippen molar-refractivity contribution in [2.45, 2.75) is 6.54 Å². The number of aromatic nitrogens is 2. The Hall–Kier alpha value is -3.41. The van der Waals surface area contributed by atoms with Gasteiger partial charge in [0.2, 0.25) is 11.9 Å². The van der Waals surface area contributed by atoms with Gasteiger partial charge in [0.1, 0.15) is 0 Å². The number of amides is 1. The molecule has 1 saturated heterocycles. The lowest BCUT2D eigenvalue weighted by Gasteiger charge is -2.34. The standard InChI is InChI=1S/C28H33Cl2N9O/c1-37(2)10-4-5-25(40)32-18-6-8-22(29)20(15-18)26-21-17-31-36-27(21)35-28(34-26)33-19-7-9-23(30)24(16-19)39-13-11-38(3)12-14-39/h4-9,15-16,31H,10-14,17H2,1-3H3,(H,32,40)(H2,33,34,35,36)/b5-4+. The predicted molar refractivity (Wildman–Crippen MR) is 164 cm³/mol. The van der Waals surface area contributed by atoms with E-state index in [-0.39, 0.29) is 5.91 Å². The minimum Gasteiger partial charge on any atom is -0.368 e. The fraction of sp³-hybridized carbons (Fsp3) is 0.321. The predicted octanol–water partition coefficient (Wildman–Crippen LogP) is 4.43. The zero-order valence-corrected chi connectivity index (χ0v) is 24.3. The highest BCUT2D eigenvalue weighted by molar-refractivity contribution is 6.33. The number of fused-ring (bicyclic) bond motifs is 1. The maximum Gasteiger partial charge on any atom is 0.248 e. The first-order valence-electron chi connectivity index (χ1n) is 13.1. The van der Waals surface area contributed by atoms with Gasteiger partial charge in [0.25, 0.3) is 0 Å². The summed E-state index contributed by atoms with van der Waals surface area (Å²) in [4.78, 5) is 28.6. The topological polar surface area (TPSA) is 101 Å². The van der Waals surface area contributed by atoms with Crippen molar-refractivity contribution in [2.24, 2.45) is 0 Å². The molecule has 2 aromatic carbocycles. The number of rotatable bonds is 8. The minimum absolute atomic E-state index is 0.215. The van der Waals surface area contributed by atoms with Crippen LogP contribution in [0, 0.1) is 0 Å². The van der Waals surface area contributed by atoms with Crippen molar-refractivity contribution in [1.29, 1.82) is 0 Å². The van der Waals surface area contributed by atoms with Crippen LogP contribution in [0.1, 0.15) is 5.56 Å². The smallest absolute Gasteiger partial charge is 0.248 e. The summed E-state index contributed by atoms with van der Waals surface area (Å²) in [5, 5.41) is 7.48. The van der Waals surface area contributed by atoms with Gasteiger partial charge in [-0.1, -0.05) is 29.3 Å². The first-order chi connectivity index (χ1) is 19.3. The molecule has 2 aliphatic rings. The number of hydrazine groups is 1. The molecule has 0 saturated carbocycles. The van der Waals surface area contributed by atoms with Gasteiger partial charge in [-0.2, -0.15) is 4.98 Å². The zero-order chi connectivity index (χ0) is 28.2. The van der Waals surface area contributed by atoms with Crippen molar-refractivity contribution in [3.8, 4) is 11.3 Å². The molecule has 0 atom stereocenters. The van der Waals surface area contributed by atoms with Gasteiger partial charge in [0, 0.05) is 67.8 Å². The number of carbonyl (C=O) groups is 1. The monoisotopic (exact) mass is 581 g/mol. The Kier molecular flexibility index (Phi) is 8.72. The molecule has 0 spiro atoms. The Morgan fingerprint density at radius 2 is 1.80 bits per heavy atom. The first kappa shape index (κ1) is 28.1. The highest BCUT2D eigenvalue weighted by atomic mass is 35.5. The number of benzene rings is 2. The lowest BCUT2D eigenvalue weighted by molar-refractivity contribution is -0.111. The molecular weight excluding hydrogens is 549 g/mol. The molecule has 3 heterocycles. The van der Waals surface area contributed by atoms with Crippen LogP contribution in [0.2, 0.25) is 10.0 Å². The molecule has 3 aromatic rings. The summed E-state index contributed by atoms with van der Waals surface area (Å²) in [7, 11) is 6.02. The van der Waals surface area contributed by atoms with Crippen LogP contribution in [-0.2, 0) is 11.3 Å². The summed E-state index contributed by atoms with van der Waals surface area (Å²) in [6.07, 6.45) is 3.33. The summed E-state index contributed by atoms with van der Waals surface area (Å²) >= 11 is 13.2. The Morgan fingerprint density at radius 3 is 2.58 bits per heavy atom. The summed E-state index contributed by atoms with van der Waals surface area (Å²) in [6, 6.07) is 11.2. The van der Waals surface area contributed by atoms with Gasteiger partial charge in [-0.05, 0) is 57.5 Å². The van der Waals surface area contributed by atoms with Gasteiger partial charge in [-0.3, -0.25) is 4.79 Å². The van der Waals surface area contributed by atoms with Crippen LogP contribution < -0.4 is 26.4 Å². The van der Waals surface area contributed by atoms with Crippen LogP contribution in [0.25, 0.3) is 11.3 Å². The molecule has 2 aliphatic heterocycles. The maximum absolute atomic E-state index is 12.4. The molecular formula is C28H33Cl2N9O. The molecule has 12 heteroatoms. The minimum atomic E-state index is -0.215. The third kappa shape index (κ3) is 6.65. The van der Waals surface area contributed by atoms with Crippen molar-refractivity contribution >= 4 is 57.9 Å². The van der Waals surface area contributed by atoms with Gasteiger partial charge in [0.15, 0.2) is 5.82 Å². The SMILES string of the molecule is CN(C)C/C=C/C(=O)Nc1ccc(Cl)c(-c2nc(Nc3ccc(Cl)c(N4CCN(C)CC4)c3)nc3c2CNN3)c1. The number of nitrogens with zero attached hydrogens (tertiary/aromatic N) is 5. The molecule has 1 amide bonds. The van der Waals surface area contributed by atoms with Gasteiger partial charge < -0.3 is 30.8 Å². The number of halogens is 2. The fourth-order valence-electron chi connectivity index (χ4n) is 4.60. The van der Waals surface area contributed by atoms with Crippen molar-refractivity contribution in [2.75, 3.05) is 74.8 Å².